The van der Waals surface area contributed by atoms with Crippen molar-refractivity contribution in [2.45, 2.75) is 6.92 Å². The first-order valence-corrected chi connectivity index (χ1v) is 6.95. The molecule has 0 spiro atoms. The summed E-state index contributed by atoms with van der Waals surface area (Å²) in [5.74, 6) is -1.61. The second kappa shape index (κ2) is 12.5. The molecule has 6 nitrogen and oxygen atoms in total. The predicted octanol–water partition coefficient (Wildman–Crippen LogP) is 2.05. The van der Waals surface area contributed by atoms with Gasteiger partial charge in [-0.3, -0.25) is 0 Å². The first-order chi connectivity index (χ1) is 11.4. The fraction of sp³-hybridized carbons (Fsp3) is 0.167. The highest BCUT2D eigenvalue weighted by Gasteiger charge is 2.10. The lowest BCUT2D eigenvalue weighted by molar-refractivity contribution is -0.150. The number of hydrogen-bond donors (Lipinski definition) is 1. The average Bonchev–Trinajstić information content (AvgIpc) is 2.97. The number of aliphatic hydroxyl groups excluding tert-OH is 1. The largest absolute Gasteiger partial charge is 0.460 e. The Labute approximate surface area is 140 Å². The molecule has 1 aliphatic rings. The van der Waals surface area contributed by atoms with E-state index in [4.69, 9.17) is 5.11 Å². The van der Waals surface area contributed by atoms with Gasteiger partial charge in [0, 0.05) is 17.7 Å². The summed E-state index contributed by atoms with van der Waals surface area (Å²) < 4.78 is 8.44. The Balaban J connectivity index is 0.000000332. The van der Waals surface area contributed by atoms with Crippen molar-refractivity contribution in [2.75, 3.05) is 13.2 Å². The zero-order valence-electron chi connectivity index (χ0n) is 13.4. The summed E-state index contributed by atoms with van der Waals surface area (Å²) in [7, 11) is 0. The molecule has 0 bridgehead atoms. The molecule has 1 aromatic carbocycles. The topological polar surface area (TPSA) is 89.9 Å². The molecule has 0 amide bonds. The summed E-state index contributed by atoms with van der Waals surface area (Å²) in [4.78, 5) is 30.3. The second-order valence-electron chi connectivity index (χ2n) is 4.33. The lowest BCUT2D eigenvalue weighted by Crippen LogP contribution is -2.08. The molecule has 0 radical (unpaired) electrons. The van der Waals surface area contributed by atoms with E-state index in [1.807, 2.05) is 36.4 Å². The van der Waals surface area contributed by atoms with Crippen LogP contribution in [0.1, 0.15) is 12.5 Å². The van der Waals surface area contributed by atoms with Crippen LogP contribution in [0.5, 0.6) is 0 Å². The van der Waals surface area contributed by atoms with E-state index in [-0.39, 0.29) is 13.2 Å². The van der Waals surface area contributed by atoms with E-state index in [9.17, 15) is 14.4 Å². The van der Waals surface area contributed by atoms with E-state index in [2.05, 4.69) is 22.6 Å². The molecule has 0 aliphatic carbocycles. The quantitative estimate of drug-likeness (QED) is 0.516. The van der Waals surface area contributed by atoms with Crippen molar-refractivity contribution in [1.29, 1.82) is 0 Å². The molecule has 0 aromatic heterocycles. The molecule has 1 N–H and O–H groups in total. The molecule has 24 heavy (non-hydrogen) atoms. The van der Waals surface area contributed by atoms with Gasteiger partial charge < -0.3 is 14.6 Å². The number of aliphatic hydroxyl groups is 1. The smallest absolute Gasteiger partial charge is 0.338 e. The maximum absolute atomic E-state index is 10.5. The van der Waals surface area contributed by atoms with Crippen LogP contribution in [0.25, 0.3) is 6.08 Å². The van der Waals surface area contributed by atoms with Crippen molar-refractivity contribution >= 4 is 24.0 Å². The van der Waals surface area contributed by atoms with Gasteiger partial charge in [0.15, 0.2) is 0 Å². The molecule has 1 aromatic rings. The van der Waals surface area contributed by atoms with Crippen LogP contribution in [0, 0.1) is 0 Å². The van der Waals surface area contributed by atoms with Gasteiger partial charge in [0.05, 0.1) is 6.61 Å². The summed E-state index contributed by atoms with van der Waals surface area (Å²) in [6.45, 7) is 8.45. The van der Waals surface area contributed by atoms with Crippen molar-refractivity contribution in [3.05, 3.63) is 66.8 Å². The molecule has 2 rings (SSSR count). The SMILES string of the molecule is C=C(C)C(=O)OCCO.C=Cc1ccccc1.O=C1C=CC(=O)O1. The van der Waals surface area contributed by atoms with Gasteiger partial charge >= 0.3 is 17.9 Å². The van der Waals surface area contributed by atoms with Crippen molar-refractivity contribution < 1.29 is 29.0 Å². The van der Waals surface area contributed by atoms with Gasteiger partial charge in [-0.25, -0.2) is 14.4 Å². The normalized spacial score (nSPS) is 11.2. The predicted molar refractivity (Wildman–Crippen MR) is 89.6 cm³/mol. The standard InChI is InChI=1S/C8H8.C6H10O3.C4H2O3/c1-2-8-6-4-3-5-7-8;1-5(2)6(8)9-4-3-7;5-3-1-2-4(6)7-3/h2-7H,1H2;7H,1,3-4H2,2H3;1-2H. The number of carbonyl (C=O) groups is 3. The molecule has 0 saturated heterocycles. The van der Waals surface area contributed by atoms with Gasteiger partial charge in [-0.1, -0.05) is 49.6 Å². The zero-order chi connectivity index (χ0) is 18.4. The molecule has 1 heterocycles. The number of carbonyl (C=O) groups excluding carboxylic acids is 3. The fourth-order valence-electron chi connectivity index (χ4n) is 1.15. The van der Waals surface area contributed by atoms with Crippen LogP contribution < -0.4 is 0 Å². The van der Waals surface area contributed by atoms with Crippen LogP contribution in [-0.2, 0) is 23.9 Å². The van der Waals surface area contributed by atoms with Crippen LogP contribution in [0.4, 0.5) is 0 Å². The third-order valence-corrected chi connectivity index (χ3v) is 2.26. The molecule has 0 atom stereocenters. The molecule has 0 fully saturated rings. The highest BCUT2D eigenvalue weighted by molar-refractivity contribution is 6.04. The maximum Gasteiger partial charge on any atom is 0.338 e. The Hall–Kier alpha value is -2.99. The van der Waals surface area contributed by atoms with E-state index in [1.54, 1.807) is 6.92 Å². The molecular formula is C18H20O6. The molecular weight excluding hydrogens is 312 g/mol. The Morgan fingerprint density at radius 1 is 1.21 bits per heavy atom. The van der Waals surface area contributed by atoms with Crippen LogP contribution in [-0.4, -0.2) is 36.2 Å². The number of cyclic esters (lactones) is 2. The third kappa shape index (κ3) is 10.7. The number of ether oxygens (including phenoxy) is 2. The van der Waals surface area contributed by atoms with E-state index < -0.39 is 17.9 Å². The number of esters is 3. The van der Waals surface area contributed by atoms with E-state index >= 15 is 0 Å². The highest BCUT2D eigenvalue weighted by atomic mass is 16.6. The van der Waals surface area contributed by atoms with Crippen LogP contribution >= 0.6 is 0 Å². The second-order valence-corrected chi connectivity index (χ2v) is 4.33. The van der Waals surface area contributed by atoms with Gasteiger partial charge in [-0.05, 0) is 12.5 Å². The summed E-state index contributed by atoms with van der Waals surface area (Å²) in [5, 5.41) is 8.19. The van der Waals surface area contributed by atoms with E-state index in [1.165, 1.54) is 5.56 Å². The third-order valence-electron chi connectivity index (χ3n) is 2.26. The van der Waals surface area contributed by atoms with Crippen LogP contribution in [0.15, 0.2) is 61.2 Å². The van der Waals surface area contributed by atoms with E-state index in [0.29, 0.717) is 5.57 Å². The van der Waals surface area contributed by atoms with Gasteiger partial charge in [0.25, 0.3) is 0 Å². The first-order valence-electron chi connectivity index (χ1n) is 6.95. The average molecular weight is 332 g/mol. The van der Waals surface area contributed by atoms with E-state index in [0.717, 1.165) is 12.2 Å². The summed E-state index contributed by atoms with van der Waals surface area (Å²) in [5.41, 5.74) is 1.52. The maximum atomic E-state index is 10.5. The van der Waals surface area contributed by atoms with Crippen molar-refractivity contribution in [3.8, 4) is 0 Å². The Kier molecular flexibility index (Phi) is 11.0. The van der Waals surface area contributed by atoms with Crippen molar-refractivity contribution in [1.82, 2.24) is 0 Å². The zero-order valence-corrected chi connectivity index (χ0v) is 13.4. The summed E-state index contributed by atoms with van der Waals surface area (Å²) in [6, 6.07) is 10.0. The van der Waals surface area contributed by atoms with Crippen molar-refractivity contribution in [3.63, 3.8) is 0 Å². The molecule has 1 aliphatic heterocycles. The molecule has 0 unspecified atom stereocenters. The minimum absolute atomic E-state index is 0.0473. The molecule has 0 saturated carbocycles. The Bertz CT molecular complexity index is 585. The summed E-state index contributed by atoms with van der Waals surface area (Å²) in [6.07, 6.45) is 4.00. The Morgan fingerprint density at radius 3 is 2.04 bits per heavy atom. The fourth-order valence-corrected chi connectivity index (χ4v) is 1.15. The van der Waals surface area contributed by atoms with Gasteiger partial charge in [0.1, 0.15) is 6.61 Å². The monoisotopic (exact) mass is 332 g/mol. The number of hydrogen-bond acceptors (Lipinski definition) is 6. The minimum atomic E-state index is -0.579. The van der Waals surface area contributed by atoms with Crippen molar-refractivity contribution in [2.24, 2.45) is 0 Å². The van der Waals surface area contributed by atoms with Gasteiger partial charge in [-0.15, -0.1) is 0 Å². The lowest BCUT2D eigenvalue weighted by Gasteiger charge is -1.99. The summed E-state index contributed by atoms with van der Waals surface area (Å²) >= 11 is 0. The van der Waals surface area contributed by atoms with Gasteiger partial charge in [0.2, 0.25) is 0 Å². The van der Waals surface area contributed by atoms with Gasteiger partial charge in [-0.2, -0.15) is 0 Å². The van der Waals surface area contributed by atoms with Crippen LogP contribution in [0.3, 0.4) is 0 Å². The van der Waals surface area contributed by atoms with Crippen LogP contribution in [0.2, 0.25) is 0 Å². The Morgan fingerprint density at radius 2 is 1.75 bits per heavy atom. The molecule has 6 heteroatoms. The minimum Gasteiger partial charge on any atom is -0.460 e. The highest BCUT2D eigenvalue weighted by Crippen LogP contribution is 1.97. The lowest BCUT2D eigenvalue weighted by atomic mass is 10.2. The first kappa shape index (κ1) is 21.0. The number of benzene rings is 1. The molecule has 128 valence electrons. The number of rotatable bonds is 4.